The standard InChI is InChI=1S/C12H15BrFNO3/c1-17-7-8(13)6-15-12(16)10-4-3-9(18-2)5-11(10)14/h3-5,8H,6-7H2,1-2H3,(H,15,16). The van der Waals surface area contributed by atoms with Crippen LogP contribution >= 0.6 is 15.9 Å². The minimum Gasteiger partial charge on any atom is -0.497 e. The topological polar surface area (TPSA) is 47.6 Å². The average molecular weight is 320 g/mol. The van der Waals surface area contributed by atoms with E-state index in [-0.39, 0.29) is 10.4 Å². The fraction of sp³-hybridized carbons (Fsp3) is 0.417. The summed E-state index contributed by atoms with van der Waals surface area (Å²) >= 11 is 3.33. The highest BCUT2D eigenvalue weighted by Crippen LogP contribution is 2.16. The summed E-state index contributed by atoms with van der Waals surface area (Å²) in [4.78, 5) is 11.7. The minimum absolute atomic E-state index is 0.00656. The zero-order valence-corrected chi connectivity index (χ0v) is 11.8. The van der Waals surface area contributed by atoms with Gasteiger partial charge in [0.15, 0.2) is 0 Å². The number of amides is 1. The Morgan fingerprint density at radius 3 is 2.78 bits per heavy atom. The van der Waals surface area contributed by atoms with E-state index in [1.54, 1.807) is 13.2 Å². The molecule has 0 aliphatic carbocycles. The number of carbonyl (C=O) groups is 1. The molecule has 100 valence electrons. The van der Waals surface area contributed by atoms with Crippen molar-refractivity contribution < 1.29 is 18.7 Å². The monoisotopic (exact) mass is 319 g/mol. The van der Waals surface area contributed by atoms with Gasteiger partial charge in [0.05, 0.1) is 24.1 Å². The summed E-state index contributed by atoms with van der Waals surface area (Å²) in [6, 6.07) is 4.11. The van der Waals surface area contributed by atoms with Gasteiger partial charge in [-0.25, -0.2) is 4.39 Å². The molecule has 0 radical (unpaired) electrons. The summed E-state index contributed by atoms with van der Waals surface area (Å²) in [5, 5.41) is 2.62. The van der Waals surface area contributed by atoms with Gasteiger partial charge in [0.25, 0.3) is 5.91 Å². The number of ether oxygens (including phenoxy) is 2. The molecule has 18 heavy (non-hydrogen) atoms. The third-order valence-electron chi connectivity index (χ3n) is 2.25. The number of hydrogen-bond donors (Lipinski definition) is 1. The van der Waals surface area contributed by atoms with E-state index in [1.807, 2.05) is 0 Å². The molecular weight excluding hydrogens is 305 g/mol. The Bertz CT molecular complexity index is 414. The average Bonchev–Trinajstić information content (AvgIpc) is 2.36. The number of alkyl halides is 1. The quantitative estimate of drug-likeness (QED) is 0.816. The van der Waals surface area contributed by atoms with Crippen LogP contribution < -0.4 is 10.1 Å². The Morgan fingerprint density at radius 1 is 1.50 bits per heavy atom. The SMILES string of the molecule is COCC(Br)CNC(=O)c1ccc(OC)cc1F. The Balaban J connectivity index is 2.61. The smallest absolute Gasteiger partial charge is 0.254 e. The largest absolute Gasteiger partial charge is 0.497 e. The molecule has 0 aromatic heterocycles. The second kappa shape index (κ2) is 7.33. The number of rotatable bonds is 6. The first-order valence-electron chi connectivity index (χ1n) is 5.33. The second-order valence-corrected chi connectivity index (χ2v) is 4.90. The van der Waals surface area contributed by atoms with Crippen molar-refractivity contribution in [3.05, 3.63) is 29.6 Å². The van der Waals surface area contributed by atoms with E-state index < -0.39 is 11.7 Å². The Labute approximate surface area is 114 Å². The van der Waals surface area contributed by atoms with Crippen molar-refractivity contribution in [1.29, 1.82) is 0 Å². The lowest BCUT2D eigenvalue weighted by molar-refractivity contribution is 0.0946. The maximum absolute atomic E-state index is 13.6. The molecule has 0 aliphatic rings. The van der Waals surface area contributed by atoms with Gasteiger partial charge in [-0.2, -0.15) is 0 Å². The van der Waals surface area contributed by atoms with E-state index >= 15 is 0 Å². The molecule has 0 saturated heterocycles. The molecule has 6 heteroatoms. The van der Waals surface area contributed by atoms with Gasteiger partial charge in [-0.1, -0.05) is 15.9 Å². The number of methoxy groups -OCH3 is 2. The maximum Gasteiger partial charge on any atom is 0.254 e. The summed E-state index contributed by atoms with van der Waals surface area (Å²) in [6.45, 7) is 0.823. The van der Waals surface area contributed by atoms with Crippen molar-refractivity contribution in [3.63, 3.8) is 0 Å². The van der Waals surface area contributed by atoms with E-state index in [9.17, 15) is 9.18 Å². The van der Waals surface area contributed by atoms with Crippen LogP contribution in [0.5, 0.6) is 5.75 Å². The summed E-state index contributed by atoms with van der Waals surface area (Å²) in [5.74, 6) is -0.692. The third kappa shape index (κ3) is 4.27. The molecule has 0 spiro atoms. The Hall–Kier alpha value is -1.14. The Kier molecular flexibility index (Phi) is 6.07. The first-order valence-corrected chi connectivity index (χ1v) is 6.24. The van der Waals surface area contributed by atoms with Gasteiger partial charge >= 0.3 is 0 Å². The van der Waals surface area contributed by atoms with Crippen LogP contribution in [0, 0.1) is 5.82 Å². The maximum atomic E-state index is 13.6. The van der Waals surface area contributed by atoms with Gasteiger partial charge in [-0.3, -0.25) is 4.79 Å². The van der Waals surface area contributed by atoms with Crippen LogP contribution in [0.2, 0.25) is 0 Å². The first-order chi connectivity index (χ1) is 8.58. The van der Waals surface area contributed by atoms with Gasteiger partial charge in [0.1, 0.15) is 11.6 Å². The van der Waals surface area contributed by atoms with Gasteiger partial charge in [-0.05, 0) is 12.1 Å². The molecule has 1 unspecified atom stereocenters. The summed E-state index contributed by atoms with van der Waals surface area (Å²) in [6.07, 6.45) is 0. The van der Waals surface area contributed by atoms with Crippen LogP contribution in [-0.4, -0.2) is 38.1 Å². The fourth-order valence-corrected chi connectivity index (χ4v) is 1.77. The molecular formula is C12H15BrFNO3. The highest BCUT2D eigenvalue weighted by molar-refractivity contribution is 9.09. The van der Waals surface area contributed by atoms with Crippen LogP contribution in [0.25, 0.3) is 0 Å². The van der Waals surface area contributed by atoms with Crippen molar-refractivity contribution in [1.82, 2.24) is 5.32 Å². The molecule has 1 rings (SSSR count). The van der Waals surface area contributed by atoms with Crippen LogP contribution in [0.15, 0.2) is 18.2 Å². The zero-order valence-electron chi connectivity index (χ0n) is 10.2. The van der Waals surface area contributed by atoms with Gasteiger partial charge in [-0.15, -0.1) is 0 Å². The van der Waals surface area contributed by atoms with E-state index in [0.29, 0.717) is 18.9 Å². The molecule has 0 fully saturated rings. The van der Waals surface area contributed by atoms with Crippen molar-refractivity contribution in [2.75, 3.05) is 27.4 Å². The van der Waals surface area contributed by atoms with Crippen molar-refractivity contribution in [2.45, 2.75) is 4.83 Å². The predicted octanol–water partition coefficient (Wildman–Crippen LogP) is 1.97. The fourth-order valence-electron chi connectivity index (χ4n) is 1.35. The highest BCUT2D eigenvalue weighted by Gasteiger charge is 2.13. The molecule has 0 aliphatic heterocycles. The normalized spacial score (nSPS) is 12.0. The third-order valence-corrected chi connectivity index (χ3v) is 2.84. The van der Waals surface area contributed by atoms with E-state index in [1.165, 1.54) is 19.2 Å². The van der Waals surface area contributed by atoms with Crippen LogP contribution in [0.3, 0.4) is 0 Å². The number of nitrogens with one attached hydrogen (secondary N) is 1. The molecule has 1 amide bonds. The van der Waals surface area contributed by atoms with E-state index in [2.05, 4.69) is 21.2 Å². The van der Waals surface area contributed by atoms with Crippen molar-refractivity contribution in [3.8, 4) is 5.75 Å². The predicted molar refractivity (Wildman–Crippen MR) is 69.9 cm³/mol. The van der Waals surface area contributed by atoms with E-state index in [4.69, 9.17) is 9.47 Å². The number of halogens is 2. The second-order valence-electron chi connectivity index (χ2n) is 3.61. The summed E-state index contributed by atoms with van der Waals surface area (Å²) < 4.78 is 23.4. The van der Waals surface area contributed by atoms with Crippen LogP contribution in [-0.2, 0) is 4.74 Å². The van der Waals surface area contributed by atoms with Crippen molar-refractivity contribution >= 4 is 21.8 Å². The molecule has 1 atom stereocenters. The molecule has 1 N–H and O–H groups in total. The molecule has 0 bridgehead atoms. The molecule has 1 aromatic rings. The van der Waals surface area contributed by atoms with Gasteiger partial charge in [0, 0.05) is 19.7 Å². The molecule has 0 saturated carbocycles. The first kappa shape index (κ1) is 14.9. The summed E-state index contributed by atoms with van der Waals surface area (Å²) in [7, 11) is 3.01. The Morgan fingerprint density at radius 2 is 2.22 bits per heavy atom. The lowest BCUT2D eigenvalue weighted by atomic mass is 10.2. The van der Waals surface area contributed by atoms with Crippen molar-refractivity contribution in [2.24, 2.45) is 0 Å². The van der Waals surface area contributed by atoms with Crippen LogP contribution in [0.4, 0.5) is 4.39 Å². The van der Waals surface area contributed by atoms with Crippen LogP contribution in [0.1, 0.15) is 10.4 Å². The summed E-state index contributed by atoms with van der Waals surface area (Å²) in [5.41, 5.74) is -0.00656. The molecule has 1 aromatic carbocycles. The number of carbonyl (C=O) groups excluding carboxylic acids is 1. The molecule has 4 nitrogen and oxygen atoms in total. The lowest BCUT2D eigenvalue weighted by Crippen LogP contribution is -2.31. The van der Waals surface area contributed by atoms with Gasteiger partial charge < -0.3 is 14.8 Å². The number of benzene rings is 1. The highest BCUT2D eigenvalue weighted by atomic mass is 79.9. The van der Waals surface area contributed by atoms with Gasteiger partial charge in [0.2, 0.25) is 0 Å². The number of hydrogen-bond acceptors (Lipinski definition) is 3. The van der Waals surface area contributed by atoms with E-state index in [0.717, 1.165) is 0 Å². The zero-order chi connectivity index (χ0) is 13.5. The molecule has 0 heterocycles. The lowest BCUT2D eigenvalue weighted by Gasteiger charge is -2.11. The minimum atomic E-state index is -0.607.